The standard InChI is InChI=1S/C16H13Cl2N3O7S/c1-19-29(26,27)14-6-9(2-4-11(14)18)16(23)28-8-15(22)20-12-7-10(17)3-5-13(12)21(24)25/h2-7,19H,8H2,1H3,(H,20,22). The van der Waals surface area contributed by atoms with Crippen molar-refractivity contribution >= 4 is 56.5 Å². The van der Waals surface area contributed by atoms with E-state index in [0.29, 0.717) is 0 Å². The van der Waals surface area contributed by atoms with Gasteiger partial charge in [-0.1, -0.05) is 23.2 Å². The summed E-state index contributed by atoms with van der Waals surface area (Å²) in [5.74, 6) is -1.86. The third-order valence-electron chi connectivity index (χ3n) is 3.49. The first-order valence-corrected chi connectivity index (χ1v) is 9.93. The van der Waals surface area contributed by atoms with E-state index >= 15 is 0 Å². The fourth-order valence-electron chi connectivity index (χ4n) is 2.11. The molecule has 0 atom stereocenters. The van der Waals surface area contributed by atoms with Gasteiger partial charge in [0, 0.05) is 11.1 Å². The van der Waals surface area contributed by atoms with Crippen LogP contribution in [0.4, 0.5) is 11.4 Å². The van der Waals surface area contributed by atoms with Crippen LogP contribution in [-0.2, 0) is 19.6 Å². The lowest BCUT2D eigenvalue weighted by Crippen LogP contribution is -2.22. The number of halogens is 2. The van der Waals surface area contributed by atoms with Gasteiger partial charge in [-0.15, -0.1) is 0 Å². The Bertz CT molecular complexity index is 1090. The number of rotatable bonds is 7. The van der Waals surface area contributed by atoms with E-state index in [0.717, 1.165) is 12.1 Å². The van der Waals surface area contributed by atoms with Crippen molar-refractivity contribution in [3.8, 4) is 0 Å². The van der Waals surface area contributed by atoms with E-state index in [4.69, 9.17) is 27.9 Å². The van der Waals surface area contributed by atoms with Gasteiger partial charge in [-0.3, -0.25) is 14.9 Å². The van der Waals surface area contributed by atoms with Crippen molar-refractivity contribution in [2.75, 3.05) is 19.0 Å². The zero-order chi connectivity index (χ0) is 21.8. The molecule has 0 fully saturated rings. The highest BCUT2D eigenvalue weighted by molar-refractivity contribution is 7.89. The summed E-state index contributed by atoms with van der Waals surface area (Å²) in [6, 6.07) is 6.98. The molecule has 0 heterocycles. The molecule has 0 aliphatic rings. The van der Waals surface area contributed by atoms with E-state index in [1.807, 2.05) is 0 Å². The molecule has 0 aromatic heterocycles. The van der Waals surface area contributed by atoms with E-state index in [9.17, 15) is 28.1 Å². The molecule has 0 spiro atoms. The third kappa shape index (κ3) is 5.64. The summed E-state index contributed by atoms with van der Waals surface area (Å²) in [7, 11) is -2.74. The number of hydrogen-bond acceptors (Lipinski definition) is 7. The Balaban J connectivity index is 2.10. The summed E-state index contributed by atoms with van der Waals surface area (Å²) in [6.07, 6.45) is 0. The van der Waals surface area contributed by atoms with Gasteiger partial charge in [0.1, 0.15) is 10.6 Å². The quantitative estimate of drug-likeness (QED) is 0.366. The van der Waals surface area contributed by atoms with Gasteiger partial charge in [-0.05, 0) is 37.4 Å². The Labute approximate surface area is 175 Å². The summed E-state index contributed by atoms with van der Waals surface area (Å²) in [5.41, 5.74) is -0.726. The first kappa shape index (κ1) is 22.6. The lowest BCUT2D eigenvalue weighted by atomic mass is 10.2. The lowest BCUT2D eigenvalue weighted by Gasteiger charge is -2.09. The van der Waals surface area contributed by atoms with Gasteiger partial charge < -0.3 is 10.1 Å². The van der Waals surface area contributed by atoms with Crippen molar-refractivity contribution in [2.45, 2.75) is 4.90 Å². The summed E-state index contributed by atoms with van der Waals surface area (Å²) >= 11 is 11.6. The van der Waals surface area contributed by atoms with E-state index in [1.54, 1.807) is 0 Å². The SMILES string of the molecule is CNS(=O)(=O)c1cc(C(=O)OCC(=O)Nc2cc(Cl)ccc2[N+](=O)[O-])ccc1Cl. The Morgan fingerprint density at radius 2 is 1.86 bits per heavy atom. The molecular formula is C16H13Cl2N3O7S. The van der Waals surface area contributed by atoms with Gasteiger partial charge in [0.05, 0.1) is 15.5 Å². The van der Waals surface area contributed by atoms with Crippen LogP contribution in [0.25, 0.3) is 0 Å². The molecule has 0 saturated heterocycles. The number of nitrogens with one attached hydrogen (secondary N) is 2. The second-order valence-corrected chi connectivity index (χ2v) is 8.09. The zero-order valence-corrected chi connectivity index (χ0v) is 17.0. The molecule has 0 radical (unpaired) electrons. The van der Waals surface area contributed by atoms with Crippen LogP contribution in [0.15, 0.2) is 41.3 Å². The van der Waals surface area contributed by atoms with Gasteiger partial charge in [-0.25, -0.2) is 17.9 Å². The van der Waals surface area contributed by atoms with E-state index in [2.05, 4.69) is 10.0 Å². The van der Waals surface area contributed by atoms with Gasteiger partial charge in [0.15, 0.2) is 6.61 Å². The summed E-state index contributed by atoms with van der Waals surface area (Å²) in [5, 5.41) is 13.3. The first-order valence-electron chi connectivity index (χ1n) is 7.69. The van der Waals surface area contributed by atoms with Crippen molar-refractivity contribution in [1.82, 2.24) is 4.72 Å². The second kappa shape index (κ2) is 9.18. The van der Waals surface area contributed by atoms with Crippen LogP contribution in [0.2, 0.25) is 10.0 Å². The predicted octanol–water partition coefficient (Wildman–Crippen LogP) is 2.61. The average molecular weight is 462 g/mol. The number of esters is 1. The van der Waals surface area contributed by atoms with Crippen molar-refractivity contribution in [3.63, 3.8) is 0 Å². The molecule has 2 aromatic rings. The van der Waals surface area contributed by atoms with Gasteiger partial charge >= 0.3 is 5.97 Å². The molecule has 0 unspecified atom stereocenters. The van der Waals surface area contributed by atoms with E-state index in [1.165, 1.54) is 31.3 Å². The second-order valence-electron chi connectivity index (χ2n) is 5.40. The average Bonchev–Trinajstić information content (AvgIpc) is 2.66. The highest BCUT2D eigenvalue weighted by Crippen LogP contribution is 2.27. The number of carbonyl (C=O) groups is 2. The van der Waals surface area contributed by atoms with Crippen molar-refractivity contribution in [3.05, 3.63) is 62.1 Å². The Morgan fingerprint density at radius 3 is 2.48 bits per heavy atom. The molecule has 1 amide bonds. The number of nitro benzene ring substituents is 1. The van der Waals surface area contributed by atoms with Crippen LogP contribution in [0.5, 0.6) is 0 Å². The Kier molecular flexibility index (Phi) is 7.14. The number of ether oxygens (including phenoxy) is 1. The van der Waals surface area contributed by atoms with Crippen molar-refractivity contribution in [2.24, 2.45) is 0 Å². The third-order valence-corrected chi connectivity index (χ3v) is 5.62. The molecule has 0 bridgehead atoms. The van der Waals surface area contributed by atoms with Gasteiger partial charge in [0.2, 0.25) is 10.0 Å². The molecule has 10 nitrogen and oxygen atoms in total. The largest absolute Gasteiger partial charge is 0.452 e. The first-order chi connectivity index (χ1) is 13.5. The molecule has 29 heavy (non-hydrogen) atoms. The number of amides is 1. The number of anilines is 1. The number of nitrogens with zero attached hydrogens (tertiary/aromatic N) is 1. The highest BCUT2D eigenvalue weighted by Gasteiger charge is 2.21. The van der Waals surface area contributed by atoms with Gasteiger partial charge in [-0.2, -0.15) is 0 Å². The molecule has 0 saturated carbocycles. The normalized spacial score (nSPS) is 11.0. The Hall–Kier alpha value is -2.73. The van der Waals surface area contributed by atoms with Crippen molar-refractivity contribution in [1.29, 1.82) is 0 Å². The summed E-state index contributed by atoms with van der Waals surface area (Å²) in [6.45, 7) is -0.779. The lowest BCUT2D eigenvalue weighted by molar-refractivity contribution is -0.383. The molecular weight excluding hydrogens is 449 g/mol. The molecule has 2 N–H and O–H groups in total. The zero-order valence-electron chi connectivity index (χ0n) is 14.6. The number of nitro groups is 1. The molecule has 2 aromatic carbocycles. The van der Waals surface area contributed by atoms with E-state index in [-0.39, 0.29) is 26.2 Å². The van der Waals surface area contributed by atoms with Crippen LogP contribution in [0.1, 0.15) is 10.4 Å². The molecule has 0 aliphatic carbocycles. The minimum atomic E-state index is -3.92. The fourth-order valence-corrected chi connectivity index (χ4v) is 3.54. The maximum atomic E-state index is 12.1. The number of carbonyl (C=O) groups excluding carboxylic acids is 2. The maximum absolute atomic E-state index is 12.1. The van der Waals surface area contributed by atoms with Crippen LogP contribution >= 0.6 is 23.2 Å². The van der Waals surface area contributed by atoms with Crippen molar-refractivity contribution < 1.29 is 27.7 Å². The monoisotopic (exact) mass is 461 g/mol. The van der Waals surface area contributed by atoms with Crippen LogP contribution < -0.4 is 10.0 Å². The summed E-state index contributed by atoms with van der Waals surface area (Å²) in [4.78, 5) is 34.0. The van der Waals surface area contributed by atoms with Gasteiger partial charge in [0.25, 0.3) is 11.6 Å². The van der Waals surface area contributed by atoms with Crippen LogP contribution in [0, 0.1) is 10.1 Å². The molecule has 0 aliphatic heterocycles. The Morgan fingerprint density at radius 1 is 1.17 bits per heavy atom. The fraction of sp³-hybridized carbons (Fsp3) is 0.125. The van der Waals surface area contributed by atoms with Crippen LogP contribution in [-0.4, -0.2) is 38.9 Å². The minimum Gasteiger partial charge on any atom is -0.452 e. The molecule has 2 rings (SSSR count). The molecule has 13 heteroatoms. The minimum absolute atomic E-state index is 0.109. The smallest absolute Gasteiger partial charge is 0.338 e. The maximum Gasteiger partial charge on any atom is 0.338 e. The summed E-state index contributed by atoms with van der Waals surface area (Å²) < 4.78 is 30.7. The number of sulfonamides is 1. The number of hydrogen-bond donors (Lipinski definition) is 2. The predicted molar refractivity (Wildman–Crippen MR) is 105 cm³/mol. The van der Waals surface area contributed by atoms with E-state index < -0.39 is 39.1 Å². The van der Waals surface area contributed by atoms with Crippen LogP contribution in [0.3, 0.4) is 0 Å². The molecule has 154 valence electrons. The highest BCUT2D eigenvalue weighted by atomic mass is 35.5. The number of benzene rings is 2. The topological polar surface area (TPSA) is 145 Å².